The topological polar surface area (TPSA) is 42.7 Å². The Bertz CT molecular complexity index is 534. The van der Waals surface area contributed by atoms with Crippen molar-refractivity contribution >= 4 is 0 Å². The molecule has 0 aliphatic carbocycles. The van der Waals surface area contributed by atoms with Crippen LogP contribution in [0.2, 0.25) is 0 Å². The molecule has 0 bridgehead atoms. The third kappa shape index (κ3) is 3.78. The van der Waals surface area contributed by atoms with Crippen molar-refractivity contribution in [2.24, 2.45) is 7.05 Å². The van der Waals surface area contributed by atoms with Crippen molar-refractivity contribution in [2.45, 2.75) is 12.7 Å². The summed E-state index contributed by atoms with van der Waals surface area (Å²) in [6.07, 6.45) is -4.22. The maximum Gasteiger partial charge on any atom is 0.401 e. The molecule has 1 heterocycles. The van der Waals surface area contributed by atoms with E-state index in [9.17, 15) is 13.2 Å². The second-order valence-corrected chi connectivity index (χ2v) is 4.06. The summed E-state index contributed by atoms with van der Waals surface area (Å²) in [5.41, 5.74) is 0.833. The molecule has 0 atom stereocenters. The van der Waals surface area contributed by atoms with Crippen molar-refractivity contribution in [1.82, 2.24) is 20.1 Å². The largest absolute Gasteiger partial charge is 0.401 e. The number of rotatable bonds is 4. The Morgan fingerprint density at radius 2 is 1.89 bits per heavy atom. The highest BCUT2D eigenvalue weighted by molar-refractivity contribution is 5.53. The first kappa shape index (κ1) is 13.5. The molecule has 0 fully saturated rings. The number of alkyl halides is 3. The zero-order valence-corrected chi connectivity index (χ0v) is 10.3. The molecule has 0 aliphatic heterocycles. The van der Waals surface area contributed by atoms with E-state index in [-0.39, 0.29) is 6.54 Å². The summed E-state index contributed by atoms with van der Waals surface area (Å²) in [6, 6.07) is 9.28. The van der Waals surface area contributed by atoms with E-state index < -0.39 is 12.7 Å². The third-order valence-corrected chi connectivity index (χ3v) is 2.49. The van der Waals surface area contributed by atoms with Crippen molar-refractivity contribution in [3.8, 4) is 11.4 Å². The minimum absolute atomic E-state index is 0.0237. The van der Waals surface area contributed by atoms with Crippen LogP contribution in [0.15, 0.2) is 30.3 Å². The number of aryl methyl sites for hydroxylation is 1. The van der Waals surface area contributed by atoms with E-state index in [2.05, 4.69) is 15.4 Å². The van der Waals surface area contributed by atoms with Gasteiger partial charge in [0.25, 0.3) is 0 Å². The minimum atomic E-state index is -4.22. The summed E-state index contributed by atoms with van der Waals surface area (Å²) in [5.74, 6) is 0.968. The lowest BCUT2D eigenvalue weighted by atomic mass is 10.2. The molecule has 2 aromatic rings. The SMILES string of the molecule is Cn1nc(-c2ccccc2)nc1CNCC(F)(F)F. The molecule has 0 saturated heterocycles. The van der Waals surface area contributed by atoms with Gasteiger partial charge in [-0.25, -0.2) is 4.98 Å². The van der Waals surface area contributed by atoms with Crippen LogP contribution in [0.25, 0.3) is 11.4 Å². The summed E-state index contributed by atoms with van der Waals surface area (Å²) in [7, 11) is 1.66. The first-order valence-corrected chi connectivity index (χ1v) is 5.68. The van der Waals surface area contributed by atoms with Gasteiger partial charge in [0.15, 0.2) is 5.82 Å². The summed E-state index contributed by atoms with van der Waals surface area (Å²) >= 11 is 0. The van der Waals surface area contributed by atoms with Gasteiger partial charge in [-0.15, -0.1) is 0 Å². The molecule has 7 heteroatoms. The van der Waals surface area contributed by atoms with Gasteiger partial charge < -0.3 is 5.32 Å². The Kier molecular flexibility index (Phi) is 3.84. The second-order valence-electron chi connectivity index (χ2n) is 4.06. The highest BCUT2D eigenvalue weighted by Crippen LogP contribution is 2.15. The third-order valence-electron chi connectivity index (χ3n) is 2.49. The number of hydrogen-bond acceptors (Lipinski definition) is 3. The van der Waals surface area contributed by atoms with Crippen LogP contribution in [-0.4, -0.2) is 27.5 Å². The van der Waals surface area contributed by atoms with Crippen LogP contribution in [-0.2, 0) is 13.6 Å². The standard InChI is InChI=1S/C12H13F3N4/c1-19-10(7-16-8-12(13,14)15)17-11(18-19)9-5-3-2-4-6-9/h2-6,16H,7-8H2,1H3. The Morgan fingerprint density at radius 1 is 1.21 bits per heavy atom. The number of halogens is 3. The fraction of sp³-hybridized carbons (Fsp3) is 0.333. The molecule has 1 aromatic heterocycles. The van der Waals surface area contributed by atoms with Crippen LogP contribution in [0.4, 0.5) is 13.2 Å². The van der Waals surface area contributed by atoms with Gasteiger partial charge in [-0.2, -0.15) is 18.3 Å². The minimum Gasteiger partial charge on any atom is -0.302 e. The highest BCUT2D eigenvalue weighted by Gasteiger charge is 2.26. The zero-order valence-electron chi connectivity index (χ0n) is 10.3. The molecule has 2 rings (SSSR count). The average molecular weight is 270 g/mol. The Morgan fingerprint density at radius 3 is 2.53 bits per heavy atom. The average Bonchev–Trinajstić information content (AvgIpc) is 2.71. The van der Waals surface area contributed by atoms with Gasteiger partial charge in [0, 0.05) is 12.6 Å². The Hall–Kier alpha value is -1.89. The highest BCUT2D eigenvalue weighted by atomic mass is 19.4. The van der Waals surface area contributed by atoms with Crippen molar-refractivity contribution in [3.05, 3.63) is 36.2 Å². The van der Waals surface area contributed by atoms with E-state index in [1.165, 1.54) is 4.68 Å². The number of nitrogens with one attached hydrogen (secondary N) is 1. The molecule has 0 amide bonds. The first-order chi connectivity index (χ1) is 8.96. The molecule has 4 nitrogen and oxygen atoms in total. The van der Waals surface area contributed by atoms with Gasteiger partial charge >= 0.3 is 6.18 Å². The van der Waals surface area contributed by atoms with Crippen LogP contribution in [0.1, 0.15) is 5.82 Å². The van der Waals surface area contributed by atoms with Crippen LogP contribution >= 0.6 is 0 Å². The normalized spacial score (nSPS) is 11.8. The summed E-state index contributed by atoms with van der Waals surface area (Å²) in [4.78, 5) is 4.22. The van der Waals surface area contributed by atoms with Crippen LogP contribution < -0.4 is 5.32 Å². The molecule has 1 aromatic carbocycles. The molecule has 0 saturated carbocycles. The van der Waals surface area contributed by atoms with Gasteiger partial charge in [-0.3, -0.25) is 4.68 Å². The second kappa shape index (κ2) is 5.40. The molecule has 1 N–H and O–H groups in total. The maximum atomic E-state index is 12.0. The molecule has 0 unspecified atom stereocenters. The predicted octanol–water partition coefficient (Wildman–Crippen LogP) is 2.13. The van der Waals surface area contributed by atoms with E-state index in [0.717, 1.165) is 5.56 Å². The zero-order chi connectivity index (χ0) is 13.9. The molecular weight excluding hydrogens is 257 g/mol. The van der Waals surface area contributed by atoms with Gasteiger partial charge in [-0.1, -0.05) is 30.3 Å². The molecule has 19 heavy (non-hydrogen) atoms. The number of aromatic nitrogens is 3. The molecule has 0 aliphatic rings. The maximum absolute atomic E-state index is 12.0. The smallest absolute Gasteiger partial charge is 0.302 e. The Labute approximate surface area is 108 Å². The number of nitrogens with zero attached hydrogens (tertiary/aromatic N) is 3. The summed E-state index contributed by atoms with van der Waals surface area (Å²) in [6.45, 7) is -1.02. The van der Waals surface area contributed by atoms with Crippen LogP contribution in [0.5, 0.6) is 0 Å². The van der Waals surface area contributed by atoms with E-state index >= 15 is 0 Å². The molecule has 0 spiro atoms. The monoisotopic (exact) mass is 270 g/mol. The molecular formula is C12H13F3N4. The van der Waals surface area contributed by atoms with Crippen molar-refractivity contribution < 1.29 is 13.2 Å². The summed E-state index contributed by atoms with van der Waals surface area (Å²) in [5, 5.41) is 6.48. The van der Waals surface area contributed by atoms with Gasteiger partial charge in [0.05, 0.1) is 13.1 Å². The van der Waals surface area contributed by atoms with Crippen molar-refractivity contribution in [2.75, 3.05) is 6.54 Å². The number of benzene rings is 1. The fourth-order valence-electron chi connectivity index (χ4n) is 1.60. The van der Waals surface area contributed by atoms with Crippen molar-refractivity contribution in [3.63, 3.8) is 0 Å². The summed E-state index contributed by atoms with van der Waals surface area (Å²) < 4.78 is 37.5. The van der Waals surface area contributed by atoms with Crippen LogP contribution in [0.3, 0.4) is 0 Å². The lowest BCUT2D eigenvalue weighted by molar-refractivity contribution is -0.125. The quantitative estimate of drug-likeness (QED) is 0.925. The molecule has 102 valence electrons. The first-order valence-electron chi connectivity index (χ1n) is 5.68. The van der Waals surface area contributed by atoms with Gasteiger partial charge in [-0.05, 0) is 0 Å². The van der Waals surface area contributed by atoms with Crippen molar-refractivity contribution in [1.29, 1.82) is 0 Å². The van der Waals surface area contributed by atoms with Gasteiger partial charge in [0.1, 0.15) is 5.82 Å². The van der Waals surface area contributed by atoms with Gasteiger partial charge in [0.2, 0.25) is 0 Å². The fourth-order valence-corrected chi connectivity index (χ4v) is 1.60. The van der Waals surface area contributed by atoms with E-state index in [1.807, 2.05) is 30.3 Å². The Balaban J connectivity index is 2.05. The lowest BCUT2D eigenvalue weighted by Gasteiger charge is -2.06. The van der Waals surface area contributed by atoms with E-state index in [0.29, 0.717) is 11.6 Å². The van der Waals surface area contributed by atoms with Crippen LogP contribution in [0, 0.1) is 0 Å². The predicted molar refractivity (Wildman–Crippen MR) is 64.2 cm³/mol. The van der Waals surface area contributed by atoms with E-state index in [1.54, 1.807) is 7.05 Å². The number of hydrogen-bond donors (Lipinski definition) is 1. The van der Waals surface area contributed by atoms with E-state index in [4.69, 9.17) is 0 Å². The lowest BCUT2D eigenvalue weighted by Crippen LogP contribution is -2.29. The molecule has 0 radical (unpaired) electrons.